The summed E-state index contributed by atoms with van der Waals surface area (Å²) in [6.45, 7) is 4.59. The number of carbonyl (C=O) groups excluding carboxylic acids is 2. The molecule has 1 aliphatic rings. The van der Waals surface area contributed by atoms with Crippen LogP contribution in [0.25, 0.3) is 78.1 Å². The van der Waals surface area contributed by atoms with E-state index in [9.17, 15) is 68.3 Å². The minimum atomic E-state index is -4.81. The van der Waals surface area contributed by atoms with Crippen molar-refractivity contribution in [2.24, 2.45) is 5.73 Å². The maximum absolute atomic E-state index is 14.2. The summed E-state index contributed by atoms with van der Waals surface area (Å²) in [6.07, 6.45) is -11.4. The number of alkyl halides is 9. The van der Waals surface area contributed by atoms with Gasteiger partial charge in [-0.2, -0.15) is 44.5 Å². The summed E-state index contributed by atoms with van der Waals surface area (Å²) in [5, 5.41) is 11.7. The zero-order valence-electron chi connectivity index (χ0n) is 69.8. The molecule has 0 saturated carbocycles. The minimum Gasteiger partial charge on any atom is -0.478 e. The molecule has 31 heteroatoms. The number of primary amides is 1. The summed E-state index contributed by atoms with van der Waals surface area (Å²) < 4.78 is 138. The molecule has 1 aliphatic heterocycles. The van der Waals surface area contributed by atoms with Crippen molar-refractivity contribution in [1.82, 2.24) is 38.2 Å². The van der Waals surface area contributed by atoms with Gasteiger partial charge < -0.3 is 36.6 Å². The number of nitrogens with two attached hydrogens (primary N) is 1. The molecule has 18 rings (SSSR count). The third-order valence-corrected chi connectivity index (χ3v) is 21.7. The van der Waals surface area contributed by atoms with E-state index in [4.69, 9.17) is 15.5 Å². The van der Waals surface area contributed by atoms with Crippen molar-refractivity contribution in [3.8, 4) is 39.9 Å². The third-order valence-electron chi connectivity index (χ3n) is 20.8. The molecule has 1 amide bonds. The first-order valence-electron chi connectivity index (χ1n) is 41.1. The van der Waals surface area contributed by atoms with E-state index in [1.165, 1.54) is 15.2 Å². The summed E-state index contributed by atoms with van der Waals surface area (Å²) in [4.78, 5) is 95.1. The number of pyridine rings is 8. The Bertz CT molecular complexity index is 7270. The van der Waals surface area contributed by atoms with Crippen molar-refractivity contribution in [2.75, 3.05) is 51.6 Å². The number of para-hydroxylation sites is 8. The number of amides is 1. The Labute approximate surface area is 746 Å². The van der Waals surface area contributed by atoms with E-state index in [0.29, 0.717) is 81.1 Å². The van der Waals surface area contributed by atoms with Gasteiger partial charge in [0.2, 0.25) is 11.8 Å². The van der Waals surface area contributed by atoms with Crippen molar-refractivity contribution in [1.29, 1.82) is 0 Å². The predicted octanol–water partition coefficient (Wildman–Crippen LogP) is 22.4. The monoisotopic (exact) mass is 1790 g/mol. The Morgan fingerprint density at radius 3 is 1.13 bits per heavy atom. The number of benzene rings is 9. The lowest BCUT2D eigenvalue weighted by molar-refractivity contribution is -0.137. The van der Waals surface area contributed by atoms with Crippen LogP contribution in [-0.2, 0) is 23.3 Å². The van der Waals surface area contributed by atoms with Gasteiger partial charge in [-0.3, -0.25) is 47.0 Å². The van der Waals surface area contributed by atoms with Gasteiger partial charge in [-0.05, 0) is 161 Å². The van der Waals surface area contributed by atoms with Crippen LogP contribution >= 0.6 is 11.8 Å². The molecule has 0 aliphatic carbocycles. The Hall–Kier alpha value is -15.9. The highest BCUT2D eigenvalue weighted by molar-refractivity contribution is 7.99. The first-order valence-corrected chi connectivity index (χ1v) is 42.1. The van der Waals surface area contributed by atoms with Crippen molar-refractivity contribution in [2.45, 2.75) is 56.7 Å². The second-order valence-corrected chi connectivity index (χ2v) is 30.8. The van der Waals surface area contributed by atoms with Crippen molar-refractivity contribution >= 4 is 119 Å². The minimum absolute atomic E-state index is 0.00631. The first-order chi connectivity index (χ1) is 63.1. The molecule has 0 atom stereocenters. The number of ketones is 1. The lowest BCUT2D eigenvalue weighted by atomic mass is 10.0. The smallest absolute Gasteiger partial charge is 0.417 e. The number of fused-ring (bicyclic) bond motifs is 4. The van der Waals surface area contributed by atoms with Crippen molar-refractivity contribution < 1.29 is 53.8 Å². The molecule has 9 aromatic carbocycles. The molecular weight excluding hydrogens is 1710 g/mol. The number of piperidine rings is 1. The summed E-state index contributed by atoms with van der Waals surface area (Å²) in [7, 11) is 0. The summed E-state index contributed by atoms with van der Waals surface area (Å²) in [6, 6.07) is 91.6. The molecule has 1 saturated heterocycles. The van der Waals surface area contributed by atoms with E-state index in [1.54, 1.807) is 158 Å². The molecule has 0 bridgehead atoms. The fraction of sp³-hybridized carbons (Fsp3) is 0.120. The van der Waals surface area contributed by atoms with Gasteiger partial charge in [0.25, 0.3) is 0 Å². The highest BCUT2D eigenvalue weighted by Gasteiger charge is 2.39. The molecule has 17 aromatic rings. The fourth-order valence-electron chi connectivity index (χ4n) is 14.9. The highest BCUT2D eigenvalue weighted by atomic mass is 32.2. The number of hydrogen-bond acceptors (Lipinski definition) is 17. The van der Waals surface area contributed by atoms with E-state index in [1.807, 2.05) is 155 Å². The first kappa shape index (κ1) is 89.9. The maximum atomic E-state index is 14.2. The van der Waals surface area contributed by atoms with Gasteiger partial charge in [0, 0.05) is 100 Å². The van der Waals surface area contributed by atoms with Crippen LogP contribution < -0.4 is 58.4 Å². The second kappa shape index (κ2) is 39.5. The highest BCUT2D eigenvalue weighted by Crippen LogP contribution is 2.42. The number of halogens is 9. The van der Waals surface area contributed by atoms with Gasteiger partial charge in [-0.15, -0.1) is 0 Å². The second-order valence-electron chi connectivity index (χ2n) is 29.8. The number of nitrogens with zero attached hydrogens (tertiary/aromatic N) is 9. The van der Waals surface area contributed by atoms with Crippen LogP contribution in [0.1, 0.15) is 60.2 Å². The largest absolute Gasteiger partial charge is 0.478 e. The normalized spacial score (nSPS) is 12.1. The van der Waals surface area contributed by atoms with Gasteiger partial charge >= 0.3 is 18.5 Å². The lowest BCUT2D eigenvalue weighted by Gasteiger charge is -2.29. The van der Waals surface area contributed by atoms with Crippen molar-refractivity contribution in [3.63, 3.8) is 0 Å². The number of hydrogen-bond donors (Lipinski definition) is 5. The number of Topliss-reactive ketones (excluding diaryl/α,β-unsaturated/α-hetero) is 1. The number of rotatable bonds is 20. The molecule has 8 aromatic heterocycles. The van der Waals surface area contributed by atoms with Crippen LogP contribution in [0.4, 0.5) is 91.4 Å². The predicted molar refractivity (Wildman–Crippen MR) is 496 cm³/mol. The summed E-state index contributed by atoms with van der Waals surface area (Å²) in [5.74, 6) is 0.547. The molecule has 131 heavy (non-hydrogen) atoms. The van der Waals surface area contributed by atoms with E-state index < -0.39 is 73.6 Å². The number of ether oxygens (including phenoxy) is 1. The summed E-state index contributed by atoms with van der Waals surface area (Å²) >= 11 is 0.772. The zero-order chi connectivity index (χ0) is 92.1. The Morgan fingerprint density at radius 1 is 0.389 bits per heavy atom. The van der Waals surface area contributed by atoms with Crippen LogP contribution in [0.5, 0.6) is 5.88 Å². The van der Waals surface area contributed by atoms with Gasteiger partial charge in [-0.1, -0.05) is 176 Å². The fourth-order valence-corrected chi connectivity index (χ4v) is 15.6. The van der Waals surface area contributed by atoms with E-state index in [2.05, 4.69) is 36.2 Å². The molecule has 660 valence electrons. The molecule has 21 nitrogen and oxygen atoms in total. The van der Waals surface area contributed by atoms with Crippen molar-refractivity contribution in [3.05, 3.63) is 385 Å². The van der Waals surface area contributed by atoms with Gasteiger partial charge in [-0.25, -0.2) is 15.0 Å². The Morgan fingerprint density at radius 2 is 0.748 bits per heavy atom. The average molecular weight is 1790 g/mol. The van der Waals surface area contributed by atoms with Gasteiger partial charge in [0.05, 0.1) is 61.3 Å². The zero-order valence-corrected chi connectivity index (χ0v) is 70.6. The third kappa shape index (κ3) is 21.0. The SMILES string of the molecule is CC(=O)c1cccc(-c2ccc3c(=O)cc(Nc4ccccc4)n(-c4ccccc4)c3n2)c1.CCOc1cc(C(F)(F)F)c2c(=O)cc(Nc3ccccc3)n(-c3ccccc3)c2n1.NC(=O)CSc1cc(C(F)(F)F)c2c(=O)cc(Nc3ccccc3)n(-c3ccccc3)c2n1.O=c1cc(Nc2ccccc2)n(-c2ccccc2)c2nc(N3CCCCC3)cc(C(F)(F)F)c12. The molecule has 9 heterocycles. The lowest BCUT2D eigenvalue weighted by Crippen LogP contribution is -2.31. The van der Waals surface area contributed by atoms with Crippen LogP contribution in [0.15, 0.2) is 346 Å². The molecule has 6 N–H and O–H groups in total. The Balaban J connectivity index is 0.000000134. The summed E-state index contributed by atoms with van der Waals surface area (Å²) in [5.41, 5.74) is 7.23. The van der Waals surface area contributed by atoms with Gasteiger partial charge in [0.1, 0.15) is 29.1 Å². The van der Waals surface area contributed by atoms with E-state index in [0.717, 1.165) is 78.3 Å². The van der Waals surface area contributed by atoms with Crippen LogP contribution in [0.2, 0.25) is 0 Å². The van der Waals surface area contributed by atoms with Gasteiger partial charge in [0.15, 0.2) is 50.1 Å². The molecule has 0 spiro atoms. The number of carbonyl (C=O) groups is 2. The van der Waals surface area contributed by atoms with E-state index >= 15 is 0 Å². The number of nitrogens with one attached hydrogen (secondary N) is 4. The van der Waals surface area contributed by atoms with Crippen LogP contribution in [0.3, 0.4) is 0 Å². The molecule has 0 unspecified atom stereocenters. The topological polar surface area (TPSA) is 260 Å². The molecule has 0 radical (unpaired) electrons. The molecular formula is C100H79F9N14O7S. The molecule has 1 fully saturated rings. The van der Waals surface area contributed by atoms with E-state index in [-0.39, 0.29) is 68.9 Å². The number of aromatic nitrogens is 8. The average Bonchev–Trinajstić information content (AvgIpc) is 0.743. The van der Waals surface area contributed by atoms with Crippen LogP contribution in [0, 0.1) is 0 Å². The van der Waals surface area contributed by atoms with Crippen LogP contribution in [-0.4, -0.2) is 75.3 Å². The standard InChI is InChI=1S/C28H21N3O2.C26H23F3N4O.C23H17F3N4O2S.C23H18F3N3O2/c1-19(32)20-9-8-10-21(17-20)25-16-15-24-26(33)18-27(29-22-11-4-2-5-12-22)31(28(24)30-25)23-13-6-3-7-14-23;27-26(28,29)20-16-22(32-14-8-3-9-15-32)31-25-24(20)21(34)17-23(30-18-10-4-1-5-11-18)33(25)19-12-6-2-7-13-19;24-23(25,26)16-11-20(33-13-18(27)32)29-22-21(16)17(31)12-19(28-14-7-3-1-4-8-14)30(22)15-9-5-2-6-10-15;1-2-31-20-13-17(23(24,25)26)21-18(30)14-19(27-15-9-5-3-6-10-15)29(22(21)28-20)16-11-7-4-8-12-16/h2-18,29H,1H3;1-2,4-7,10-13,16-17,30H,3,8-9,14-15H2;1-12,28H,13H2,(H2,27,32);3-14,27H,2H2,1H3. The number of anilines is 9. The maximum Gasteiger partial charge on any atom is 0.417 e. The Kier molecular flexibility index (Phi) is 27.1. The quantitative estimate of drug-likeness (QED) is 0.0270. The number of thioether (sulfide) groups is 1.